The first kappa shape index (κ1) is 17.3. The van der Waals surface area contributed by atoms with Crippen LogP contribution in [0.3, 0.4) is 0 Å². The minimum absolute atomic E-state index is 0.0564. The smallest absolute Gasteiger partial charge is 0.287 e. The third-order valence-electron chi connectivity index (χ3n) is 4.81. The summed E-state index contributed by atoms with van der Waals surface area (Å²) in [6.07, 6.45) is 1.72. The Morgan fingerprint density at radius 1 is 1.23 bits per heavy atom. The van der Waals surface area contributed by atoms with E-state index in [0.717, 1.165) is 12.8 Å². The second kappa shape index (κ2) is 7.02. The van der Waals surface area contributed by atoms with E-state index in [0.29, 0.717) is 19.8 Å². The molecule has 0 aliphatic carbocycles. The zero-order chi connectivity index (χ0) is 16.2. The molecule has 1 aromatic carbocycles. The van der Waals surface area contributed by atoms with Crippen molar-refractivity contribution in [2.24, 2.45) is 0 Å². The minimum atomic E-state index is -2.89. The van der Waals surface area contributed by atoms with Crippen molar-refractivity contribution >= 4 is 0 Å². The first-order valence-corrected chi connectivity index (χ1v) is 7.80. The Kier molecular flexibility index (Phi) is 5.53. The van der Waals surface area contributed by atoms with Gasteiger partial charge in [-0.3, -0.25) is 0 Å². The molecular formula is C17H26F2N2O. The molecule has 1 saturated heterocycles. The van der Waals surface area contributed by atoms with E-state index in [1.165, 1.54) is 12.1 Å². The Bertz CT molecular complexity index is 459. The van der Waals surface area contributed by atoms with Crippen LogP contribution in [0.25, 0.3) is 0 Å². The van der Waals surface area contributed by atoms with Gasteiger partial charge in [-0.15, -0.1) is 0 Å². The van der Waals surface area contributed by atoms with Crippen molar-refractivity contribution in [3.8, 4) is 0 Å². The Labute approximate surface area is 131 Å². The summed E-state index contributed by atoms with van der Waals surface area (Å²) in [4.78, 5) is 2.13. The van der Waals surface area contributed by atoms with Crippen LogP contribution in [0.2, 0.25) is 0 Å². The Morgan fingerprint density at radius 3 is 2.36 bits per heavy atom. The fraction of sp³-hybridized carbons (Fsp3) is 0.647. The molecule has 1 atom stereocenters. The minimum Gasteiger partial charge on any atom is -0.381 e. The predicted octanol–water partition coefficient (Wildman–Crippen LogP) is 2.87. The van der Waals surface area contributed by atoms with Gasteiger partial charge in [0.05, 0.1) is 6.04 Å². The molecule has 1 N–H and O–H groups in total. The highest BCUT2D eigenvalue weighted by molar-refractivity contribution is 5.21. The van der Waals surface area contributed by atoms with Gasteiger partial charge in [-0.1, -0.05) is 30.3 Å². The molecule has 0 aromatic heterocycles. The summed E-state index contributed by atoms with van der Waals surface area (Å²) in [6.45, 7) is 3.45. The lowest BCUT2D eigenvalue weighted by molar-refractivity contribution is -0.0499. The van der Waals surface area contributed by atoms with Crippen LogP contribution in [0, 0.1) is 0 Å². The van der Waals surface area contributed by atoms with Crippen molar-refractivity contribution in [1.29, 1.82) is 0 Å². The van der Waals surface area contributed by atoms with E-state index in [1.807, 2.05) is 14.1 Å². The average molecular weight is 312 g/mol. The van der Waals surface area contributed by atoms with E-state index >= 15 is 0 Å². The highest BCUT2D eigenvalue weighted by atomic mass is 19.3. The lowest BCUT2D eigenvalue weighted by atomic mass is 9.88. The van der Waals surface area contributed by atoms with Crippen molar-refractivity contribution in [1.82, 2.24) is 10.2 Å². The lowest BCUT2D eigenvalue weighted by Gasteiger charge is -2.44. The van der Waals surface area contributed by atoms with Crippen LogP contribution in [-0.2, 0) is 10.7 Å². The van der Waals surface area contributed by atoms with Crippen molar-refractivity contribution in [3.63, 3.8) is 0 Å². The average Bonchev–Trinajstić information content (AvgIpc) is 2.54. The molecule has 0 radical (unpaired) electrons. The number of rotatable bonds is 6. The molecule has 0 unspecified atom stereocenters. The molecule has 0 spiro atoms. The van der Waals surface area contributed by atoms with Crippen LogP contribution in [0.4, 0.5) is 8.78 Å². The van der Waals surface area contributed by atoms with Crippen LogP contribution in [0.15, 0.2) is 30.3 Å². The quantitative estimate of drug-likeness (QED) is 0.874. The molecule has 5 heteroatoms. The summed E-state index contributed by atoms with van der Waals surface area (Å²) >= 11 is 0. The van der Waals surface area contributed by atoms with Gasteiger partial charge in [-0.05, 0) is 33.9 Å². The van der Waals surface area contributed by atoms with E-state index in [2.05, 4.69) is 10.2 Å². The predicted molar refractivity (Wildman–Crippen MR) is 84.3 cm³/mol. The number of alkyl halides is 2. The normalized spacial score (nSPS) is 20.1. The Balaban J connectivity index is 2.03. The molecule has 0 amide bonds. The summed E-state index contributed by atoms with van der Waals surface area (Å²) in [5, 5.41) is 3.07. The van der Waals surface area contributed by atoms with Gasteiger partial charge in [0, 0.05) is 30.9 Å². The number of hydrogen-bond donors (Lipinski definition) is 1. The summed E-state index contributed by atoms with van der Waals surface area (Å²) < 4.78 is 34.5. The topological polar surface area (TPSA) is 24.5 Å². The van der Waals surface area contributed by atoms with Gasteiger partial charge in [0.2, 0.25) is 0 Å². The van der Waals surface area contributed by atoms with E-state index in [9.17, 15) is 8.78 Å². The van der Waals surface area contributed by atoms with Gasteiger partial charge in [-0.2, -0.15) is 8.78 Å². The molecule has 1 fully saturated rings. The zero-order valence-corrected chi connectivity index (χ0v) is 13.6. The molecule has 1 heterocycles. The summed E-state index contributed by atoms with van der Waals surface area (Å²) in [6, 6.07) is 7.09. The molecule has 124 valence electrons. The molecule has 1 aromatic rings. The molecule has 0 bridgehead atoms. The lowest BCUT2D eigenvalue weighted by Crippen LogP contribution is -2.57. The van der Waals surface area contributed by atoms with E-state index in [1.54, 1.807) is 25.1 Å². The maximum atomic E-state index is 14.5. The number of likely N-dealkylation sites (N-methyl/N-ethyl adjacent to an activating group) is 1. The van der Waals surface area contributed by atoms with Gasteiger partial charge in [0.1, 0.15) is 0 Å². The van der Waals surface area contributed by atoms with Crippen molar-refractivity contribution in [2.45, 2.75) is 37.3 Å². The first-order valence-electron chi connectivity index (χ1n) is 7.80. The second-order valence-corrected chi connectivity index (χ2v) is 6.32. The SMILES string of the molecule is C[C@H](NCC1(N(C)C)CCOCC1)C(F)(F)c1ccccc1. The van der Waals surface area contributed by atoms with Crippen molar-refractivity contribution in [3.05, 3.63) is 35.9 Å². The molecule has 3 nitrogen and oxygen atoms in total. The summed E-state index contributed by atoms with van der Waals surface area (Å²) in [7, 11) is 4.01. The van der Waals surface area contributed by atoms with Gasteiger partial charge < -0.3 is 15.0 Å². The molecule has 1 aliphatic heterocycles. The number of nitrogens with zero attached hydrogens (tertiary/aromatic N) is 1. The number of halogens is 2. The maximum absolute atomic E-state index is 14.5. The molecule has 1 aliphatic rings. The summed E-state index contributed by atoms with van der Waals surface area (Å²) in [5.74, 6) is -2.89. The highest BCUT2D eigenvalue weighted by Crippen LogP contribution is 2.32. The monoisotopic (exact) mass is 312 g/mol. The second-order valence-electron chi connectivity index (χ2n) is 6.32. The number of nitrogens with one attached hydrogen (secondary N) is 1. The van der Waals surface area contributed by atoms with Crippen LogP contribution in [-0.4, -0.2) is 50.3 Å². The van der Waals surface area contributed by atoms with Crippen LogP contribution < -0.4 is 5.32 Å². The Morgan fingerprint density at radius 2 is 1.82 bits per heavy atom. The Hall–Kier alpha value is -1.04. The summed E-state index contributed by atoms with van der Waals surface area (Å²) in [5.41, 5.74) is -0.0555. The van der Waals surface area contributed by atoms with Crippen molar-refractivity contribution in [2.75, 3.05) is 33.9 Å². The van der Waals surface area contributed by atoms with Gasteiger partial charge >= 0.3 is 0 Å². The van der Waals surface area contributed by atoms with Crippen LogP contribution in [0.5, 0.6) is 0 Å². The van der Waals surface area contributed by atoms with Crippen molar-refractivity contribution < 1.29 is 13.5 Å². The third kappa shape index (κ3) is 3.65. The maximum Gasteiger partial charge on any atom is 0.287 e. The largest absolute Gasteiger partial charge is 0.381 e. The fourth-order valence-electron chi connectivity index (χ4n) is 2.92. The standard InChI is InChI=1S/C17H26F2N2O/c1-14(17(18,19)15-7-5-4-6-8-15)20-13-16(21(2)3)9-11-22-12-10-16/h4-8,14,20H,9-13H2,1-3H3/t14-/m0/s1. The number of ether oxygens (including phenoxy) is 1. The number of hydrogen-bond acceptors (Lipinski definition) is 3. The van der Waals surface area contributed by atoms with E-state index in [4.69, 9.17) is 4.74 Å². The van der Waals surface area contributed by atoms with E-state index < -0.39 is 12.0 Å². The third-order valence-corrected chi connectivity index (χ3v) is 4.81. The van der Waals surface area contributed by atoms with Gasteiger partial charge in [-0.25, -0.2) is 0 Å². The molecule has 0 saturated carbocycles. The highest BCUT2D eigenvalue weighted by Gasteiger charge is 2.41. The van der Waals surface area contributed by atoms with Gasteiger partial charge in [0.15, 0.2) is 0 Å². The van der Waals surface area contributed by atoms with Crippen LogP contribution >= 0.6 is 0 Å². The molecule has 2 rings (SSSR count). The van der Waals surface area contributed by atoms with Gasteiger partial charge in [0.25, 0.3) is 5.92 Å². The van der Waals surface area contributed by atoms with Crippen LogP contribution in [0.1, 0.15) is 25.3 Å². The zero-order valence-electron chi connectivity index (χ0n) is 13.6. The fourth-order valence-corrected chi connectivity index (χ4v) is 2.92. The number of benzene rings is 1. The van der Waals surface area contributed by atoms with E-state index in [-0.39, 0.29) is 11.1 Å². The molecular weight excluding hydrogens is 286 g/mol. The molecule has 22 heavy (non-hydrogen) atoms. The first-order chi connectivity index (χ1) is 10.4.